The van der Waals surface area contributed by atoms with Gasteiger partial charge in [0.2, 0.25) is 5.91 Å². The van der Waals surface area contributed by atoms with E-state index in [0.29, 0.717) is 12.5 Å². The molecule has 1 saturated carbocycles. The first-order chi connectivity index (χ1) is 10.1. The molecule has 1 N–H and O–H groups in total. The maximum Gasteiger partial charge on any atom is 0.223 e. The number of hydrogen-bond acceptors (Lipinski definition) is 2. The van der Waals surface area contributed by atoms with Crippen LogP contribution in [0.4, 0.5) is 0 Å². The minimum absolute atomic E-state index is 0.131. The van der Waals surface area contributed by atoms with Crippen molar-refractivity contribution in [2.45, 2.75) is 25.7 Å². The number of carbonyl (C=O) groups excluding carboxylic acids is 1. The Balaban J connectivity index is 1.45. The molecule has 110 valence electrons. The quantitative estimate of drug-likeness (QED) is 0.914. The Kier molecular flexibility index (Phi) is 3.78. The van der Waals surface area contributed by atoms with Crippen molar-refractivity contribution in [2.24, 2.45) is 13.0 Å². The van der Waals surface area contributed by atoms with Crippen LogP contribution in [0.15, 0.2) is 36.7 Å². The molecule has 1 aliphatic rings. The number of aryl methyl sites for hydroxylation is 2. The van der Waals surface area contributed by atoms with Gasteiger partial charge in [0.05, 0.1) is 6.20 Å². The lowest BCUT2D eigenvalue weighted by Gasteiger charge is -2.05. The van der Waals surface area contributed by atoms with Gasteiger partial charge >= 0.3 is 0 Å². The van der Waals surface area contributed by atoms with Crippen molar-refractivity contribution in [3.63, 3.8) is 0 Å². The molecule has 0 spiro atoms. The Labute approximate surface area is 125 Å². The molecule has 1 aromatic carbocycles. The zero-order chi connectivity index (χ0) is 14.8. The Hall–Kier alpha value is -2.10. The van der Waals surface area contributed by atoms with Crippen molar-refractivity contribution in [3.05, 3.63) is 53.3 Å². The summed E-state index contributed by atoms with van der Waals surface area (Å²) in [5.41, 5.74) is 3.71. The minimum atomic E-state index is 0.131. The van der Waals surface area contributed by atoms with Gasteiger partial charge in [0.15, 0.2) is 0 Å². The standard InChI is InChI=1S/C17H21N3O/c1-12-4-3-5-13(8-12)6-7-18-17(21)16-9-15(16)14-10-19-20(2)11-14/h3-5,8,10-11,15-16H,6-7,9H2,1-2H3,(H,18,21)/t15-,16+/m0/s1. The molecule has 0 saturated heterocycles. The smallest absolute Gasteiger partial charge is 0.223 e. The molecule has 2 aromatic rings. The fraction of sp³-hybridized carbons (Fsp3) is 0.412. The normalized spacial score (nSPS) is 20.3. The van der Waals surface area contributed by atoms with Crippen LogP contribution in [0.3, 0.4) is 0 Å². The molecule has 21 heavy (non-hydrogen) atoms. The molecular formula is C17H21N3O. The third-order valence-corrected chi connectivity index (χ3v) is 4.08. The summed E-state index contributed by atoms with van der Waals surface area (Å²) in [7, 11) is 1.91. The zero-order valence-corrected chi connectivity index (χ0v) is 12.5. The Morgan fingerprint density at radius 1 is 1.48 bits per heavy atom. The fourth-order valence-corrected chi connectivity index (χ4v) is 2.81. The van der Waals surface area contributed by atoms with Gasteiger partial charge in [0.1, 0.15) is 0 Å². The van der Waals surface area contributed by atoms with Crippen molar-refractivity contribution in [3.8, 4) is 0 Å². The van der Waals surface area contributed by atoms with Gasteiger partial charge < -0.3 is 5.32 Å². The van der Waals surface area contributed by atoms with Crippen molar-refractivity contribution in [1.82, 2.24) is 15.1 Å². The van der Waals surface area contributed by atoms with Crippen LogP contribution in [0.25, 0.3) is 0 Å². The summed E-state index contributed by atoms with van der Waals surface area (Å²) in [4.78, 5) is 12.1. The SMILES string of the molecule is Cc1cccc(CCNC(=O)[C@@H]2C[C@H]2c2cnn(C)c2)c1. The number of nitrogens with zero attached hydrogens (tertiary/aromatic N) is 2. The van der Waals surface area contributed by atoms with Gasteiger partial charge in [-0.1, -0.05) is 29.8 Å². The summed E-state index contributed by atoms with van der Waals surface area (Å²) in [6.45, 7) is 2.79. The summed E-state index contributed by atoms with van der Waals surface area (Å²) in [5, 5.41) is 7.22. The summed E-state index contributed by atoms with van der Waals surface area (Å²) in [5.74, 6) is 0.667. The van der Waals surface area contributed by atoms with Crippen molar-refractivity contribution < 1.29 is 4.79 Å². The summed E-state index contributed by atoms with van der Waals surface area (Å²) < 4.78 is 1.79. The summed E-state index contributed by atoms with van der Waals surface area (Å²) in [6, 6.07) is 8.42. The number of rotatable bonds is 5. The van der Waals surface area contributed by atoms with Gasteiger partial charge in [-0.05, 0) is 36.8 Å². The highest BCUT2D eigenvalue weighted by Gasteiger charge is 2.44. The highest BCUT2D eigenvalue weighted by Crippen LogP contribution is 2.47. The minimum Gasteiger partial charge on any atom is -0.356 e. The van der Waals surface area contributed by atoms with E-state index in [2.05, 4.69) is 41.6 Å². The van der Waals surface area contributed by atoms with Crippen molar-refractivity contribution in [1.29, 1.82) is 0 Å². The Bertz CT molecular complexity index is 647. The van der Waals surface area contributed by atoms with Crippen LogP contribution in [-0.4, -0.2) is 22.2 Å². The lowest BCUT2D eigenvalue weighted by Crippen LogP contribution is -2.27. The molecule has 3 rings (SSSR count). The van der Waals surface area contributed by atoms with Crippen LogP contribution in [-0.2, 0) is 18.3 Å². The van der Waals surface area contributed by atoms with E-state index in [-0.39, 0.29) is 11.8 Å². The highest BCUT2D eigenvalue weighted by atomic mass is 16.2. The number of hydrogen-bond donors (Lipinski definition) is 1. The van der Waals surface area contributed by atoms with E-state index in [1.165, 1.54) is 16.7 Å². The number of nitrogens with one attached hydrogen (secondary N) is 1. The van der Waals surface area contributed by atoms with Gasteiger partial charge in [-0.25, -0.2) is 0 Å². The zero-order valence-electron chi connectivity index (χ0n) is 12.5. The topological polar surface area (TPSA) is 46.9 Å². The summed E-state index contributed by atoms with van der Waals surface area (Å²) in [6.07, 6.45) is 5.70. The predicted octanol–water partition coefficient (Wildman–Crippen LogP) is 2.19. The maximum absolute atomic E-state index is 12.1. The number of aromatic nitrogens is 2. The molecule has 1 heterocycles. The van der Waals surface area contributed by atoms with Gasteiger partial charge in [-0.15, -0.1) is 0 Å². The third-order valence-electron chi connectivity index (χ3n) is 4.08. The predicted molar refractivity (Wildman–Crippen MR) is 81.9 cm³/mol. The molecule has 0 radical (unpaired) electrons. The monoisotopic (exact) mass is 283 g/mol. The second kappa shape index (κ2) is 5.72. The van der Waals surface area contributed by atoms with Gasteiger partial charge in [0.25, 0.3) is 0 Å². The van der Waals surface area contributed by atoms with E-state index < -0.39 is 0 Å². The van der Waals surface area contributed by atoms with E-state index in [9.17, 15) is 4.79 Å². The van der Waals surface area contributed by atoms with Gasteiger partial charge in [-0.3, -0.25) is 9.48 Å². The lowest BCUT2D eigenvalue weighted by atomic mass is 10.1. The number of carbonyl (C=O) groups is 1. The lowest BCUT2D eigenvalue weighted by molar-refractivity contribution is -0.122. The largest absolute Gasteiger partial charge is 0.356 e. The Morgan fingerprint density at radius 3 is 3.05 bits per heavy atom. The molecule has 0 unspecified atom stereocenters. The van der Waals surface area contributed by atoms with E-state index in [4.69, 9.17) is 0 Å². The molecular weight excluding hydrogens is 262 g/mol. The first-order valence-corrected chi connectivity index (χ1v) is 7.45. The molecule has 0 bridgehead atoms. The first-order valence-electron chi connectivity index (χ1n) is 7.45. The van der Waals surface area contributed by atoms with Crippen LogP contribution in [0.2, 0.25) is 0 Å². The molecule has 2 atom stereocenters. The second-order valence-corrected chi connectivity index (χ2v) is 5.93. The molecule has 1 aliphatic carbocycles. The highest BCUT2D eigenvalue weighted by molar-refractivity contribution is 5.82. The second-order valence-electron chi connectivity index (χ2n) is 5.93. The van der Waals surface area contributed by atoms with Crippen LogP contribution >= 0.6 is 0 Å². The van der Waals surface area contributed by atoms with Crippen LogP contribution in [0.5, 0.6) is 0 Å². The average molecular weight is 283 g/mol. The average Bonchev–Trinajstić information content (AvgIpc) is 3.14. The van der Waals surface area contributed by atoms with Gasteiger partial charge in [-0.2, -0.15) is 5.10 Å². The molecule has 0 aliphatic heterocycles. The van der Waals surface area contributed by atoms with Crippen molar-refractivity contribution >= 4 is 5.91 Å². The Morgan fingerprint density at radius 2 is 2.33 bits per heavy atom. The van der Waals surface area contributed by atoms with E-state index in [0.717, 1.165) is 12.8 Å². The van der Waals surface area contributed by atoms with E-state index in [1.807, 2.05) is 19.4 Å². The molecule has 1 fully saturated rings. The van der Waals surface area contributed by atoms with Crippen LogP contribution in [0, 0.1) is 12.8 Å². The fourth-order valence-electron chi connectivity index (χ4n) is 2.81. The van der Waals surface area contributed by atoms with Crippen LogP contribution in [0.1, 0.15) is 29.0 Å². The van der Waals surface area contributed by atoms with Crippen molar-refractivity contribution in [2.75, 3.05) is 6.54 Å². The third kappa shape index (κ3) is 3.32. The molecule has 4 heteroatoms. The maximum atomic E-state index is 12.1. The summed E-state index contributed by atoms with van der Waals surface area (Å²) >= 11 is 0. The number of amides is 1. The molecule has 4 nitrogen and oxygen atoms in total. The molecule has 1 amide bonds. The molecule has 1 aromatic heterocycles. The number of benzene rings is 1. The van der Waals surface area contributed by atoms with E-state index in [1.54, 1.807) is 4.68 Å². The van der Waals surface area contributed by atoms with E-state index >= 15 is 0 Å². The van der Waals surface area contributed by atoms with Gasteiger partial charge in [0, 0.05) is 25.7 Å². The first kappa shape index (κ1) is 13.9. The van der Waals surface area contributed by atoms with Crippen LogP contribution < -0.4 is 5.32 Å².